The second-order valence-corrected chi connectivity index (χ2v) is 12.8. The van der Waals surface area contributed by atoms with E-state index in [1.807, 2.05) is 54.4 Å². The predicted octanol–water partition coefficient (Wildman–Crippen LogP) is 7.29. The predicted molar refractivity (Wildman–Crippen MR) is 173 cm³/mol. The third-order valence-corrected chi connectivity index (χ3v) is 9.33. The van der Waals surface area contributed by atoms with Gasteiger partial charge >= 0.3 is 0 Å². The molecule has 1 aliphatic heterocycles. The van der Waals surface area contributed by atoms with Crippen LogP contribution in [0.4, 0.5) is 0 Å². The maximum absolute atomic E-state index is 6.48. The van der Waals surface area contributed by atoms with Crippen LogP contribution in [0.25, 0.3) is 22.0 Å². The molecule has 1 N–H and O–H groups in total. The number of aromatic amines is 1. The minimum Gasteiger partial charge on any atom is -0.487 e. The van der Waals surface area contributed by atoms with Crippen molar-refractivity contribution in [2.45, 2.75) is 49.7 Å². The molecule has 1 atom stereocenters. The van der Waals surface area contributed by atoms with Crippen LogP contribution < -0.4 is 4.74 Å². The second kappa shape index (κ2) is 12.8. The van der Waals surface area contributed by atoms with Crippen LogP contribution >= 0.6 is 23.4 Å². The Labute approximate surface area is 264 Å². The Hall–Kier alpha value is -4.18. The molecule has 0 saturated heterocycles. The molecule has 4 heterocycles. The van der Waals surface area contributed by atoms with E-state index in [4.69, 9.17) is 26.1 Å². The van der Waals surface area contributed by atoms with Crippen LogP contribution in [0.2, 0.25) is 5.02 Å². The van der Waals surface area contributed by atoms with E-state index in [0.29, 0.717) is 43.9 Å². The van der Waals surface area contributed by atoms with Crippen LogP contribution in [0, 0.1) is 0 Å². The van der Waals surface area contributed by atoms with Gasteiger partial charge in [0.2, 0.25) is 0 Å². The fourth-order valence-electron chi connectivity index (χ4n) is 5.68. The normalized spacial score (nSPS) is 14.3. The van der Waals surface area contributed by atoms with E-state index in [1.165, 1.54) is 32.6 Å². The minimum absolute atomic E-state index is 0.393. The number of rotatable bonds is 11. The Morgan fingerprint density at radius 2 is 1.84 bits per heavy atom. The van der Waals surface area contributed by atoms with Crippen LogP contribution in [0.1, 0.15) is 35.3 Å². The van der Waals surface area contributed by atoms with Gasteiger partial charge in [-0.1, -0.05) is 67.1 Å². The Bertz CT molecular complexity index is 1860. The number of nitrogens with zero attached hydrogens (tertiary/aromatic N) is 5. The number of H-pyrrole nitrogens is 1. The van der Waals surface area contributed by atoms with Gasteiger partial charge in [0.05, 0.1) is 30.1 Å². The van der Waals surface area contributed by atoms with Crippen molar-refractivity contribution in [3.63, 3.8) is 0 Å². The summed E-state index contributed by atoms with van der Waals surface area (Å²) in [6.45, 7) is 4.38. The average molecular weight is 623 g/mol. The topological polar surface area (TPSA) is 90.7 Å². The van der Waals surface area contributed by atoms with Crippen LogP contribution in [0.15, 0.2) is 90.0 Å². The molecule has 1 aliphatic rings. The van der Waals surface area contributed by atoms with E-state index in [2.05, 4.69) is 74.6 Å². The van der Waals surface area contributed by atoms with Gasteiger partial charge < -0.3 is 14.0 Å². The SMILES string of the molecule is CC1Cc2c(OCc3ccc(-c4ccccc4)cn3)ccc3c2c(c(COCCc2nnn[nH]2)n3Cc2ccc(Cl)cc2)S1. The maximum atomic E-state index is 6.48. The van der Waals surface area contributed by atoms with E-state index < -0.39 is 0 Å². The van der Waals surface area contributed by atoms with Crippen molar-refractivity contribution >= 4 is 34.3 Å². The lowest BCUT2D eigenvalue weighted by atomic mass is 10.0. The number of aromatic nitrogens is 6. The molecule has 0 fully saturated rings. The van der Waals surface area contributed by atoms with Crippen LogP contribution in [0.3, 0.4) is 0 Å². The molecule has 1 unspecified atom stereocenters. The number of pyridine rings is 1. The Morgan fingerprint density at radius 3 is 2.61 bits per heavy atom. The first-order valence-corrected chi connectivity index (χ1v) is 15.9. The lowest BCUT2D eigenvalue weighted by Gasteiger charge is -2.22. The van der Waals surface area contributed by atoms with E-state index in [9.17, 15) is 0 Å². The molecule has 3 aromatic carbocycles. The van der Waals surface area contributed by atoms with Gasteiger partial charge in [-0.25, -0.2) is 5.10 Å². The highest BCUT2D eigenvalue weighted by atomic mass is 35.5. The van der Waals surface area contributed by atoms with Gasteiger partial charge in [-0.15, -0.1) is 16.9 Å². The summed E-state index contributed by atoms with van der Waals surface area (Å²) >= 11 is 8.12. The molecule has 3 aromatic heterocycles. The Morgan fingerprint density at radius 1 is 0.977 bits per heavy atom. The van der Waals surface area contributed by atoms with E-state index in [0.717, 1.165) is 34.0 Å². The molecule has 222 valence electrons. The fraction of sp³-hybridized carbons (Fsp3) is 0.235. The highest BCUT2D eigenvalue weighted by Crippen LogP contribution is 2.47. The van der Waals surface area contributed by atoms with Crippen LogP contribution in [0.5, 0.6) is 5.75 Å². The third-order valence-electron chi connectivity index (χ3n) is 7.84. The lowest BCUT2D eigenvalue weighted by molar-refractivity contribution is 0.116. The van der Waals surface area contributed by atoms with E-state index in [-0.39, 0.29) is 0 Å². The molecule has 0 spiro atoms. The van der Waals surface area contributed by atoms with E-state index >= 15 is 0 Å². The summed E-state index contributed by atoms with van der Waals surface area (Å²) in [4.78, 5) is 5.96. The number of benzene rings is 3. The van der Waals surface area contributed by atoms with Crippen molar-refractivity contribution in [3.8, 4) is 16.9 Å². The zero-order valence-electron chi connectivity index (χ0n) is 24.2. The van der Waals surface area contributed by atoms with Crippen molar-refractivity contribution in [1.82, 2.24) is 30.2 Å². The molecule has 0 saturated carbocycles. The molecule has 8 nitrogen and oxygen atoms in total. The summed E-state index contributed by atoms with van der Waals surface area (Å²) in [7, 11) is 0. The minimum atomic E-state index is 0.393. The molecular formula is C34H31ClN6O2S. The van der Waals surface area contributed by atoms with Crippen LogP contribution in [-0.2, 0) is 37.3 Å². The van der Waals surface area contributed by atoms with Crippen LogP contribution in [-0.4, -0.2) is 42.0 Å². The molecule has 0 radical (unpaired) electrons. The number of tetrazole rings is 1. The van der Waals surface area contributed by atoms with Crippen molar-refractivity contribution in [3.05, 3.63) is 118 Å². The smallest absolute Gasteiger partial charge is 0.150 e. The molecule has 10 heteroatoms. The maximum Gasteiger partial charge on any atom is 0.150 e. The molecule has 6 aromatic rings. The first kappa shape index (κ1) is 28.6. The van der Waals surface area contributed by atoms with Gasteiger partial charge in [-0.2, -0.15) is 0 Å². The molecule has 0 bridgehead atoms. The average Bonchev–Trinajstić information content (AvgIpc) is 3.67. The van der Waals surface area contributed by atoms with Crippen molar-refractivity contribution in [2.75, 3.05) is 6.61 Å². The highest BCUT2D eigenvalue weighted by molar-refractivity contribution is 8.00. The van der Waals surface area contributed by atoms with Gasteiger partial charge in [-0.05, 0) is 58.3 Å². The standard InChI is InChI=1S/C34H31ClN6O2S/c1-22-17-28-31(43-20-27-12-9-25(18-36-27)24-5-3-2-4-6-24)14-13-29-33(28)34(44-22)30(21-42-16-15-32-37-39-40-38-32)41(29)19-23-7-10-26(35)11-8-23/h2-14,18,22H,15-17,19-21H2,1H3,(H,37,38,39,40). The summed E-state index contributed by atoms with van der Waals surface area (Å²) in [5, 5.41) is 16.5. The van der Waals surface area contributed by atoms with Gasteiger partial charge in [-0.3, -0.25) is 4.98 Å². The zero-order valence-corrected chi connectivity index (χ0v) is 25.8. The molecule has 0 amide bonds. The van der Waals surface area contributed by atoms with Crippen molar-refractivity contribution in [2.24, 2.45) is 0 Å². The van der Waals surface area contributed by atoms with Gasteiger partial charge in [0.15, 0.2) is 5.82 Å². The number of thioether (sulfide) groups is 1. The highest BCUT2D eigenvalue weighted by Gasteiger charge is 2.29. The summed E-state index contributed by atoms with van der Waals surface area (Å²) in [6, 6.07) is 26.8. The Balaban J connectivity index is 1.18. The van der Waals surface area contributed by atoms with E-state index in [1.54, 1.807) is 0 Å². The van der Waals surface area contributed by atoms with Crippen molar-refractivity contribution in [1.29, 1.82) is 0 Å². The quantitative estimate of drug-likeness (QED) is 0.152. The molecule has 7 rings (SSSR count). The monoisotopic (exact) mass is 622 g/mol. The Kier molecular flexibility index (Phi) is 8.33. The summed E-state index contributed by atoms with van der Waals surface area (Å²) in [5.41, 5.74) is 7.91. The number of ether oxygens (including phenoxy) is 2. The van der Waals surface area contributed by atoms with Gasteiger partial charge in [0.25, 0.3) is 0 Å². The number of hydrogen-bond acceptors (Lipinski definition) is 7. The third kappa shape index (κ3) is 6.08. The summed E-state index contributed by atoms with van der Waals surface area (Å²) in [5.74, 6) is 1.62. The summed E-state index contributed by atoms with van der Waals surface area (Å²) < 4.78 is 15.1. The lowest BCUT2D eigenvalue weighted by Crippen LogP contribution is -2.11. The number of halogens is 1. The first-order chi connectivity index (χ1) is 21.6. The number of hydrogen-bond donors (Lipinski definition) is 1. The largest absolute Gasteiger partial charge is 0.487 e. The summed E-state index contributed by atoms with van der Waals surface area (Å²) in [6.07, 6.45) is 3.46. The number of nitrogens with one attached hydrogen (secondary N) is 1. The first-order valence-electron chi connectivity index (χ1n) is 14.6. The second-order valence-electron chi connectivity index (χ2n) is 10.9. The molecule has 44 heavy (non-hydrogen) atoms. The molecular weight excluding hydrogens is 592 g/mol. The van der Waals surface area contributed by atoms with Crippen molar-refractivity contribution < 1.29 is 9.47 Å². The zero-order chi connectivity index (χ0) is 29.9. The molecule has 0 aliphatic carbocycles. The van der Waals surface area contributed by atoms with Gasteiger partial charge in [0, 0.05) is 50.8 Å². The van der Waals surface area contributed by atoms with Gasteiger partial charge in [0.1, 0.15) is 12.4 Å². The fourth-order valence-corrected chi connectivity index (χ4v) is 7.11.